The van der Waals surface area contributed by atoms with Gasteiger partial charge < -0.3 is 20.5 Å². The molecule has 25 heavy (non-hydrogen) atoms. The van der Waals surface area contributed by atoms with E-state index in [1.54, 1.807) is 23.1 Å². The highest BCUT2D eigenvalue weighted by Crippen LogP contribution is 2.36. The Balaban J connectivity index is 1.95. The fourth-order valence-corrected chi connectivity index (χ4v) is 3.47. The normalized spacial score (nSPS) is 20.8. The van der Waals surface area contributed by atoms with E-state index in [0.717, 1.165) is 19.3 Å². The second-order valence-corrected chi connectivity index (χ2v) is 7.72. The molecule has 1 amide bonds. The third kappa shape index (κ3) is 4.56. The minimum Gasteiger partial charge on any atom is -0.492 e. The lowest BCUT2D eigenvalue weighted by Crippen LogP contribution is -2.51. The van der Waals surface area contributed by atoms with Gasteiger partial charge in [-0.15, -0.1) is 0 Å². The highest BCUT2D eigenvalue weighted by Gasteiger charge is 2.38. The van der Waals surface area contributed by atoms with Crippen molar-refractivity contribution in [1.82, 2.24) is 4.90 Å². The highest BCUT2D eigenvalue weighted by atomic mass is 16.5. The number of hydrogen-bond acceptors (Lipinski definition) is 4. The second-order valence-electron chi connectivity index (χ2n) is 7.72. The van der Waals surface area contributed by atoms with Gasteiger partial charge in [-0.25, -0.2) is 4.79 Å². The van der Waals surface area contributed by atoms with Gasteiger partial charge in [0.2, 0.25) is 0 Å². The first kappa shape index (κ1) is 18.9. The van der Waals surface area contributed by atoms with Crippen LogP contribution in [0.1, 0.15) is 45.6 Å². The van der Waals surface area contributed by atoms with Crippen molar-refractivity contribution in [3.63, 3.8) is 0 Å². The quantitative estimate of drug-likeness (QED) is 0.810. The standard InChI is InChI=1S/C19H27N3O3/c1-19(2,3)17-11-13(7-9-22(17)18(23)24)8-10-25-16-6-4-5-15(21)14(16)12-20/h4-6,13,17H,7-11,21H2,1-3H3,(H,23,24). The molecule has 0 bridgehead atoms. The fourth-order valence-electron chi connectivity index (χ4n) is 3.47. The number of anilines is 1. The molecule has 0 radical (unpaired) electrons. The van der Waals surface area contributed by atoms with Crippen molar-refractivity contribution in [2.45, 2.75) is 46.1 Å². The zero-order valence-electron chi connectivity index (χ0n) is 15.2. The summed E-state index contributed by atoms with van der Waals surface area (Å²) < 4.78 is 5.77. The van der Waals surface area contributed by atoms with Crippen LogP contribution in [-0.2, 0) is 0 Å². The maximum atomic E-state index is 11.5. The monoisotopic (exact) mass is 345 g/mol. The fraction of sp³-hybridized carbons (Fsp3) is 0.579. The molecular formula is C19H27N3O3. The number of carbonyl (C=O) groups is 1. The van der Waals surface area contributed by atoms with Gasteiger partial charge in [-0.05, 0) is 42.7 Å². The number of nitrogen functional groups attached to an aromatic ring is 1. The topological polar surface area (TPSA) is 99.6 Å². The molecule has 136 valence electrons. The number of likely N-dealkylation sites (tertiary alicyclic amines) is 1. The molecule has 1 saturated heterocycles. The molecule has 1 aliphatic rings. The summed E-state index contributed by atoms with van der Waals surface area (Å²) in [6, 6.07) is 7.28. The molecule has 1 aliphatic heterocycles. The molecule has 0 spiro atoms. The molecule has 1 fully saturated rings. The molecule has 1 aromatic rings. The van der Waals surface area contributed by atoms with E-state index in [9.17, 15) is 15.2 Å². The lowest BCUT2D eigenvalue weighted by atomic mass is 9.76. The molecule has 6 heteroatoms. The van der Waals surface area contributed by atoms with Crippen molar-refractivity contribution in [1.29, 1.82) is 5.26 Å². The molecular weight excluding hydrogens is 318 g/mol. The largest absolute Gasteiger partial charge is 0.492 e. The number of rotatable bonds is 4. The van der Waals surface area contributed by atoms with Crippen LogP contribution in [0.2, 0.25) is 0 Å². The average molecular weight is 345 g/mol. The molecule has 0 aliphatic carbocycles. The van der Waals surface area contributed by atoms with Crippen molar-refractivity contribution in [2.75, 3.05) is 18.9 Å². The number of nitriles is 1. The smallest absolute Gasteiger partial charge is 0.407 e. The van der Waals surface area contributed by atoms with E-state index in [0.29, 0.717) is 36.1 Å². The van der Waals surface area contributed by atoms with Crippen LogP contribution >= 0.6 is 0 Å². The number of amides is 1. The van der Waals surface area contributed by atoms with Crippen LogP contribution in [-0.4, -0.2) is 35.3 Å². The maximum absolute atomic E-state index is 11.5. The van der Waals surface area contributed by atoms with Crippen molar-refractivity contribution in [3.8, 4) is 11.8 Å². The number of nitrogens with zero attached hydrogens (tertiary/aromatic N) is 2. The summed E-state index contributed by atoms with van der Waals surface area (Å²) >= 11 is 0. The van der Waals surface area contributed by atoms with Gasteiger partial charge in [0.25, 0.3) is 0 Å². The van der Waals surface area contributed by atoms with Crippen LogP contribution in [0.25, 0.3) is 0 Å². The van der Waals surface area contributed by atoms with E-state index in [-0.39, 0.29) is 11.5 Å². The third-order valence-corrected chi connectivity index (χ3v) is 4.91. The van der Waals surface area contributed by atoms with Crippen LogP contribution in [0.3, 0.4) is 0 Å². The summed E-state index contributed by atoms with van der Waals surface area (Å²) in [5, 5.41) is 18.6. The highest BCUT2D eigenvalue weighted by molar-refractivity contribution is 5.65. The Bertz CT molecular complexity index is 661. The van der Waals surface area contributed by atoms with Crippen molar-refractivity contribution < 1.29 is 14.6 Å². The van der Waals surface area contributed by atoms with E-state index in [1.807, 2.05) is 0 Å². The predicted octanol–water partition coefficient (Wildman–Crippen LogP) is 3.71. The van der Waals surface area contributed by atoms with Gasteiger partial charge in [0.05, 0.1) is 12.3 Å². The first-order valence-electron chi connectivity index (χ1n) is 8.65. The Morgan fingerprint density at radius 3 is 2.80 bits per heavy atom. The Hall–Kier alpha value is -2.42. The first-order chi connectivity index (χ1) is 11.7. The SMILES string of the molecule is CC(C)(C)C1CC(CCOc2cccc(N)c2C#N)CCN1C(=O)O. The summed E-state index contributed by atoms with van der Waals surface area (Å²) in [6.07, 6.45) is 1.67. The molecule has 2 rings (SSSR count). The van der Waals surface area contributed by atoms with Gasteiger partial charge in [-0.1, -0.05) is 26.8 Å². The first-order valence-corrected chi connectivity index (χ1v) is 8.65. The van der Waals surface area contributed by atoms with Gasteiger partial charge in [-0.3, -0.25) is 0 Å². The lowest BCUT2D eigenvalue weighted by Gasteiger charge is -2.44. The van der Waals surface area contributed by atoms with E-state index >= 15 is 0 Å². The maximum Gasteiger partial charge on any atom is 0.407 e. The molecule has 6 nitrogen and oxygen atoms in total. The minimum absolute atomic E-state index is 0.00536. The second kappa shape index (κ2) is 7.64. The predicted molar refractivity (Wildman–Crippen MR) is 96.4 cm³/mol. The zero-order chi connectivity index (χ0) is 18.6. The molecule has 1 heterocycles. The third-order valence-electron chi connectivity index (χ3n) is 4.91. The lowest BCUT2D eigenvalue weighted by molar-refractivity contribution is 0.0364. The van der Waals surface area contributed by atoms with Crippen molar-refractivity contribution in [3.05, 3.63) is 23.8 Å². The van der Waals surface area contributed by atoms with Gasteiger partial charge in [0.15, 0.2) is 0 Å². The number of nitrogens with two attached hydrogens (primary N) is 1. The summed E-state index contributed by atoms with van der Waals surface area (Å²) in [7, 11) is 0. The number of hydrogen-bond donors (Lipinski definition) is 2. The Labute approximate surface area is 149 Å². The van der Waals surface area contributed by atoms with E-state index in [1.165, 1.54) is 0 Å². The zero-order valence-corrected chi connectivity index (χ0v) is 15.2. The van der Waals surface area contributed by atoms with Crippen LogP contribution < -0.4 is 10.5 Å². The van der Waals surface area contributed by atoms with Crippen LogP contribution in [0, 0.1) is 22.7 Å². The number of piperidine rings is 1. The summed E-state index contributed by atoms with van der Waals surface area (Å²) in [5.74, 6) is 0.921. The van der Waals surface area contributed by atoms with Gasteiger partial charge in [0, 0.05) is 12.6 Å². The van der Waals surface area contributed by atoms with Crippen LogP contribution in [0.15, 0.2) is 18.2 Å². The molecule has 2 atom stereocenters. The summed E-state index contributed by atoms with van der Waals surface area (Å²) in [5.41, 5.74) is 6.49. The van der Waals surface area contributed by atoms with Gasteiger partial charge in [-0.2, -0.15) is 5.26 Å². The van der Waals surface area contributed by atoms with E-state index < -0.39 is 6.09 Å². The van der Waals surface area contributed by atoms with Crippen LogP contribution in [0.5, 0.6) is 5.75 Å². The van der Waals surface area contributed by atoms with Crippen LogP contribution in [0.4, 0.5) is 10.5 Å². The Morgan fingerprint density at radius 1 is 1.48 bits per heavy atom. The molecule has 2 unspecified atom stereocenters. The molecule has 0 saturated carbocycles. The number of carboxylic acid groups (broad SMARTS) is 1. The Kier molecular flexibility index (Phi) is 5.78. The minimum atomic E-state index is -0.840. The molecule has 1 aromatic carbocycles. The van der Waals surface area contributed by atoms with Crippen molar-refractivity contribution in [2.24, 2.45) is 11.3 Å². The molecule has 0 aromatic heterocycles. The number of ether oxygens (including phenoxy) is 1. The molecule has 3 N–H and O–H groups in total. The summed E-state index contributed by atoms with van der Waals surface area (Å²) in [4.78, 5) is 13.1. The van der Waals surface area contributed by atoms with E-state index in [4.69, 9.17) is 10.5 Å². The number of benzene rings is 1. The van der Waals surface area contributed by atoms with Crippen molar-refractivity contribution >= 4 is 11.8 Å². The average Bonchev–Trinajstić information content (AvgIpc) is 2.54. The van der Waals surface area contributed by atoms with Gasteiger partial charge >= 0.3 is 6.09 Å². The Morgan fingerprint density at radius 2 is 2.20 bits per heavy atom. The van der Waals surface area contributed by atoms with Gasteiger partial charge in [0.1, 0.15) is 17.4 Å². The van der Waals surface area contributed by atoms with E-state index in [2.05, 4.69) is 26.8 Å². The summed E-state index contributed by atoms with van der Waals surface area (Å²) in [6.45, 7) is 7.30.